The fourth-order valence-electron chi connectivity index (χ4n) is 1.27. The summed E-state index contributed by atoms with van der Waals surface area (Å²) in [7, 11) is 0. The number of amides is 2. The maximum atomic E-state index is 11.3. The molecule has 0 bridgehead atoms. The summed E-state index contributed by atoms with van der Waals surface area (Å²) in [6.45, 7) is 1.16. The molecule has 1 aliphatic heterocycles. The molecular formula is C8H15N3O3. The molecule has 0 saturated carbocycles. The van der Waals surface area contributed by atoms with Crippen LogP contribution < -0.4 is 16.8 Å². The van der Waals surface area contributed by atoms with Crippen molar-refractivity contribution in [2.45, 2.75) is 24.9 Å². The van der Waals surface area contributed by atoms with Gasteiger partial charge in [-0.15, -0.1) is 0 Å². The molecule has 1 rings (SSSR count). The molecule has 1 aliphatic rings. The van der Waals surface area contributed by atoms with Crippen LogP contribution in [0.1, 0.15) is 12.8 Å². The van der Waals surface area contributed by atoms with Crippen molar-refractivity contribution in [2.24, 2.45) is 11.5 Å². The average Bonchev–Trinajstić information content (AvgIpc) is 2.55. The van der Waals surface area contributed by atoms with E-state index in [1.807, 2.05) is 0 Å². The standard InChI is InChI=1S/C8H15N3O3/c9-6(3-7(10)12)8(13)11-5-1-2-14-4-5/h5-6H,1-4,9H2,(H2,10,12)(H,11,13). The van der Waals surface area contributed by atoms with Gasteiger partial charge in [-0.1, -0.05) is 0 Å². The maximum Gasteiger partial charge on any atom is 0.237 e. The van der Waals surface area contributed by atoms with Crippen LogP contribution in [0.3, 0.4) is 0 Å². The number of hydrogen-bond acceptors (Lipinski definition) is 4. The Hall–Kier alpha value is -1.14. The van der Waals surface area contributed by atoms with Crippen LogP contribution in [0.5, 0.6) is 0 Å². The van der Waals surface area contributed by atoms with Crippen LogP contribution in [0.15, 0.2) is 0 Å². The molecule has 1 saturated heterocycles. The summed E-state index contributed by atoms with van der Waals surface area (Å²) in [4.78, 5) is 21.8. The van der Waals surface area contributed by atoms with Gasteiger partial charge >= 0.3 is 0 Å². The third kappa shape index (κ3) is 3.31. The molecule has 0 radical (unpaired) electrons. The number of primary amides is 1. The zero-order valence-electron chi connectivity index (χ0n) is 7.86. The highest BCUT2D eigenvalue weighted by Crippen LogP contribution is 2.03. The number of hydrogen-bond donors (Lipinski definition) is 3. The normalized spacial score (nSPS) is 23.1. The molecule has 0 aromatic rings. The smallest absolute Gasteiger partial charge is 0.237 e. The molecule has 2 unspecified atom stereocenters. The molecule has 0 aliphatic carbocycles. The van der Waals surface area contributed by atoms with Gasteiger partial charge in [0.25, 0.3) is 0 Å². The van der Waals surface area contributed by atoms with Gasteiger partial charge in [-0.25, -0.2) is 0 Å². The topological polar surface area (TPSA) is 107 Å². The second-order valence-corrected chi connectivity index (χ2v) is 3.35. The lowest BCUT2D eigenvalue weighted by Gasteiger charge is -2.14. The third-order valence-electron chi connectivity index (χ3n) is 2.03. The van der Waals surface area contributed by atoms with Gasteiger partial charge in [0.15, 0.2) is 0 Å². The SMILES string of the molecule is NC(=O)CC(N)C(=O)NC1CCOC1. The van der Waals surface area contributed by atoms with Gasteiger partial charge in [0.2, 0.25) is 11.8 Å². The lowest BCUT2D eigenvalue weighted by atomic mass is 10.2. The van der Waals surface area contributed by atoms with Crippen LogP contribution in [0.2, 0.25) is 0 Å². The molecule has 1 fully saturated rings. The first-order valence-electron chi connectivity index (χ1n) is 4.51. The van der Waals surface area contributed by atoms with E-state index >= 15 is 0 Å². The van der Waals surface area contributed by atoms with Gasteiger partial charge < -0.3 is 21.5 Å². The zero-order chi connectivity index (χ0) is 10.6. The van der Waals surface area contributed by atoms with Crippen LogP contribution in [-0.2, 0) is 14.3 Å². The van der Waals surface area contributed by atoms with E-state index in [4.69, 9.17) is 16.2 Å². The van der Waals surface area contributed by atoms with Crippen LogP contribution in [0, 0.1) is 0 Å². The van der Waals surface area contributed by atoms with E-state index in [-0.39, 0.29) is 18.4 Å². The molecular weight excluding hydrogens is 186 g/mol. The predicted octanol–water partition coefficient (Wildman–Crippen LogP) is -1.91. The van der Waals surface area contributed by atoms with E-state index in [9.17, 15) is 9.59 Å². The summed E-state index contributed by atoms with van der Waals surface area (Å²) in [6, 6.07) is -0.838. The van der Waals surface area contributed by atoms with E-state index in [0.29, 0.717) is 13.2 Å². The minimum atomic E-state index is -0.854. The van der Waals surface area contributed by atoms with Crippen molar-refractivity contribution in [3.63, 3.8) is 0 Å². The van der Waals surface area contributed by atoms with E-state index in [2.05, 4.69) is 5.32 Å². The van der Waals surface area contributed by atoms with Crippen molar-refractivity contribution in [3.05, 3.63) is 0 Å². The van der Waals surface area contributed by atoms with Gasteiger partial charge in [-0.2, -0.15) is 0 Å². The Balaban J connectivity index is 2.29. The molecule has 2 amide bonds. The molecule has 0 aromatic carbocycles. The Morgan fingerprint density at radius 1 is 1.57 bits per heavy atom. The molecule has 80 valence electrons. The number of carbonyl (C=O) groups is 2. The van der Waals surface area contributed by atoms with Crippen molar-refractivity contribution >= 4 is 11.8 Å². The number of nitrogens with one attached hydrogen (secondary N) is 1. The highest BCUT2D eigenvalue weighted by Gasteiger charge is 2.22. The maximum absolute atomic E-state index is 11.3. The number of ether oxygens (including phenoxy) is 1. The van der Waals surface area contributed by atoms with Gasteiger partial charge in [-0.3, -0.25) is 9.59 Å². The van der Waals surface area contributed by atoms with E-state index < -0.39 is 11.9 Å². The fourth-order valence-corrected chi connectivity index (χ4v) is 1.27. The van der Waals surface area contributed by atoms with Gasteiger partial charge in [0.1, 0.15) is 0 Å². The first-order chi connectivity index (χ1) is 6.59. The van der Waals surface area contributed by atoms with E-state index in [1.165, 1.54) is 0 Å². The van der Waals surface area contributed by atoms with E-state index in [1.54, 1.807) is 0 Å². The van der Waals surface area contributed by atoms with Crippen LogP contribution >= 0.6 is 0 Å². The largest absolute Gasteiger partial charge is 0.379 e. The first kappa shape index (κ1) is 10.9. The van der Waals surface area contributed by atoms with Crippen molar-refractivity contribution in [1.29, 1.82) is 0 Å². The highest BCUT2D eigenvalue weighted by molar-refractivity contribution is 5.87. The lowest BCUT2D eigenvalue weighted by Crippen LogP contribution is -2.47. The Labute approximate surface area is 82.0 Å². The summed E-state index contributed by atoms with van der Waals surface area (Å²) in [6.07, 6.45) is 0.661. The lowest BCUT2D eigenvalue weighted by molar-refractivity contribution is -0.126. The van der Waals surface area contributed by atoms with E-state index in [0.717, 1.165) is 6.42 Å². The second kappa shape index (κ2) is 4.92. The summed E-state index contributed by atoms with van der Waals surface area (Å²) in [5, 5.41) is 2.69. The number of nitrogens with two attached hydrogens (primary N) is 2. The second-order valence-electron chi connectivity index (χ2n) is 3.35. The van der Waals surface area contributed by atoms with Crippen LogP contribution in [0.25, 0.3) is 0 Å². The van der Waals surface area contributed by atoms with Gasteiger partial charge in [0, 0.05) is 6.61 Å². The Kier molecular flexibility index (Phi) is 3.84. The minimum absolute atomic E-state index is 0.0152. The van der Waals surface area contributed by atoms with Crippen molar-refractivity contribution in [2.75, 3.05) is 13.2 Å². The summed E-state index contributed by atoms with van der Waals surface area (Å²) in [5.41, 5.74) is 10.4. The molecule has 6 nitrogen and oxygen atoms in total. The van der Waals surface area contributed by atoms with Crippen LogP contribution in [0.4, 0.5) is 0 Å². The van der Waals surface area contributed by atoms with Gasteiger partial charge in [0.05, 0.1) is 25.1 Å². The fraction of sp³-hybridized carbons (Fsp3) is 0.750. The molecule has 6 heteroatoms. The summed E-state index contributed by atoms with van der Waals surface area (Å²) in [5.74, 6) is -0.922. The molecule has 0 spiro atoms. The number of rotatable bonds is 4. The Morgan fingerprint density at radius 2 is 2.29 bits per heavy atom. The predicted molar refractivity (Wildman–Crippen MR) is 49.2 cm³/mol. The average molecular weight is 201 g/mol. The quantitative estimate of drug-likeness (QED) is 0.493. The number of carbonyl (C=O) groups excluding carboxylic acids is 2. The Morgan fingerprint density at radius 3 is 2.79 bits per heavy atom. The van der Waals surface area contributed by atoms with Crippen molar-refractivity contribution < 1.29 is 14.3 Å². The van der Waals surface area contributed by atoms with Crippen LogP contribution in [-0.4, -0.2) is 37.1 Å². The minimum Gasteiger partial charge on any atom is -0.379 e. The summed E-state index contributed by atoms with van der Waals surface area (Å²) < 4.78 is 5.07. The van der Waals surface area contributed by atoms with Gasteiger partial charge in [-0.05, 0) is 6.42 Å². The highest BCUT2D eigenvalue weighted by atomic mass is 16.5. The molecule has 0 aromatic heterocycles. The molecule has 5 N–H and O–H groups in total. The third-order valence-corrected chi connectivity index (χ3v) is 2.03. The zero-order valence-corrected chi connectivity index (χ0v) is 7.86. The Bertz CT molecular complexity index is 226. The van der Waals surface area contributed by atoms with Crippen molar-refractivity contribution in [1.82, 2.24) is 5.32 Å². The first-order valence-corrected chi connectivity index (χ1v) is 4.51. The molecule has 2 atom stereocenters. The monoisotopic (exact) mass is 201 g/mol. The molecule has 14 heavy (non-hydrogen) atoms. The molecule has 1 heterocycles. The summed E-state index contributed by atoms with van der Waals surface area (Å²) >= 11 is 0. The van der Waals surface area contributed by atoms with Crippen molar-refractivity contribution in [3.8, 4) is 0 Å².